The van der Waals surface area contributed by atoms with Gasteiger partial charge in [0, 0.05) is 17.9 Å². The Hall–Kier alpha value is -2.93. The van der Waals surface area contributed by atoms with Gasteiger partial charge in [0.25, 0.3) is 0 Å². The number of thioether (sulfide) groups is 1. The SMILES string of the molecule is CCCCSc1nc(NCCc2ccc(S(N)(=O)=O)cc2)c(C#N)c(-c2ccccc2)n1. The number of anilines is 1. The molecule has 0 aliphatic carbocycles. The van der Waals surface area contributed by atoms with Crippen LogP contribution in [0.25, 0.3) is 11.3 Å². The van der Waals surface area contributed by atoms with Gasteiger partial charge in [0.05, 0.1) is 10.6 Å². The highest BCUT2D eigenvalue weighted by Gasteiger charge is 2.16. The summed E-state index contributed by atoms with van der Waals surface area (Å²) in [5.74, 6) is 1.41. The van der Waals surface area contributed by atoms with Crippen molar-refractivity contribution in [2.24, 2.45) is 5.14 Å². The van der Waals surface area contributed by atoms with E-state index in [1.165, 1.54) is 12.1 Å². The molecule has 1 aromatic heterocycles. The van der Waals surface area contributed by atoms with E-state index in [1.54, 1.807) is 23.9 Å². The Morgan fingerprint density at radius 1 is 1.09 bits per heavy atom. The lowest BCUT2D eigenvalue weighted by molar-refractivity contribution is 0.598. The van der Waals surface area contributed by atoms with Crippen LogP contribution in [0.1, 0.15) is 30.9 Å². The van der Waals surface area contributed by atoms with Gasteiger partial charge >= 0.3 is 0 Å². The van der Waals surface area contributed by atoms with E-state index in [9.17, 15) is 13.7 Å². The molecule has 0 aliphatic rings. The molecule has 0 aliphatic heterocycles. The molecule has 0 spiro atoms. The highest BCUT2D eigenvalue weighted by Crippen LogP contribution is 2.29. The lowest BCUT2D eigenvalue weighted by atomic mass is 10.1. The molecule has 0 saturated heterocycles. The van der Waals surface area contributed by atoms with Crippen molar-refractivity contribution in [2.45, 2.75) is 36.2 Å². The van der Waals surface area contributed by atoms with Crippen molar-refractivity contribution in [2.75, 3.05) is 17.6 Å². The van der Waals surface area contributed by atoms with Crippen molar-refractivity contribution in [1.29, 1.82) is 5.26 Å². The summed E-state index contributed by atoms with van der Waals surface area (Å²) in [7, 11) is -3.71. The third-order valence-corrected chi connectivity index (χ3v) is 6.60. The predicted octanol–water partition coefficient (Wildman–Crippen LogP) is 4.21. The minimum absolute atomic E-state index is 0.0815. The van der Waals surface area contributed by atoms with Gasteiger partial charge in [-0.3, -0.25) is 0 Å². The normalized spacial score (nSPS) is 11.2. The van der Waals surface area contributed by atoms with Gasteiger partial charge in [0.15, 0.2) is 5.16 Å². The third-order valence-electron chi connectivity index (χ3n) is 4.73. The summed E-state index contributed by atoms with van der Waals surface area (Å²) in [6.45, 7) is 2.66. The van der Waals surface area contributed by atoms with Crippen LogP contribution in [0.4, 0.5) is 5.82 Å². The van der Waals surface area contributed by atoms with Crippen molar-refractivity contribution in [3.05, 3.63) is 65.7 Å². The number of unbranched alkanes of at least 4 members (excludes halogenated alkanes) is 1. The number of benzene rings is 2. The van der Waals surface area contributed by atoms with Gasteiger partial charge in [-0.1, -0.05) is 67.6 Å². The Morgan fingerprint density at radius 3 is 2.44 bits per heavy atom. The molecule has 0 radical (unpaired) electrons. The van der Waals surface area contributed by atoms with Crippen molar-refractivity contribution >= 4 is 27.6 Å². The summed E-state index contributed by atoms with van der Waals surface area (Å²) in [5.41, 5.74) is 2.83. The topological polar surface area (TPSA) is 122 Å². The Balaban J connectivity index is 1.82. The van der Waals surface area contributed by atoms with E-state index in [0.717, 1.165) is 29.7 Å². The van der Waals surface area contributed by atoms with Crippen LogP contribution in [-0.2, 0) is 16.4 Å². The number of nitrogens with zero attached hydrogens (tertiary/aromatic N) is 3. The molecule has 0 fully saturated rings. The van der Waals surface area contributed by atoms with Crippen LogP contribution in [-0.4, -0.2) is 30.7 Å². The van der Waals surface area contributed by atoms with E-state index in [2.05, 4.69) is 28.3 Å². The fourth-order valence-electron chi connectivity index (χ4n) is 3.02. The summed E-state index contributed by atoms with van der Waals surface area (Å²) in [6, 6.07) is 18.3. The van der Waals surface area contributed by atoms with Gasteiger partial charge in [-0.2, -0.15) is 5.26 Å². The summed E-state index contributed by atoms with van der Waals surface area (Å²) < 4.78 is 22.8. The first kappa shape index (κ1) is 23.7. The first-order valence-corrected chi connectivity index (χ1v) is 12.8. The number of hydrogen-bond donors (Lipinski definition) is 2. The average molecular weight is 468 g/mol. The second-order valence-electron chi connectivity index (χ2n) is 7.12. The number of aromatic nitrogens is 2. The van der Waals surface area contributed by atoms with Crippen LogP contribution in [0.2, 0.25) is 0 Å². The number of nitrogens with two attached hydrogens (primary N) is 1. The van der Waals surface area contributed by atoms with Crippen LogP contribution in [0.15, 0.2) is 64.6 Å². The molecule has 0 unspecified atom stereocenters. The molecule has 0 amide bonds. The zero-order valence-corrected chi connectivity index (χ0v) is 19.4. The molecule has 3 rings (SSSR count). The molecule has 9 heteroatoms. The average Bonchev–Trinajstić information content (AvgIpc) is 2.79. The molecule has 2 aromatic carbocycles. The second kappa shape index (κ2) is 11.1. The maximum Gasteiger partial charge on any atom is 0.238 e. The van der Waals surface area contributed by atoms with E-state index in [1.807, 2.05) is 30.3 Å². The Bertz CT molecular complexity index is 1190. The van der Waals surface area contributed by atoms with Crippen molar-refractivity contribution in [3.8, 4) is 17.3 Å². The molecular formula is C23H25N5O2S2. The maximum absolute atomic E-state index is 11.4. The van der Waals surface area contributed by atoms with Crippen LogP contribution in [0.3, 0.4) is 0 Å². The van der Waals surface area contributed by atoms with Gasteiger partial charge in [0.1, 0.15) is 17.5 Å². The molecule has 3 N–H and O–H groups in total. The van der Waals surface area contributed by atoms with E-state index in [4.69, 9.17) is 5.14 Å². The molecule has 0 atom stereocenters. The van der Waals surface area contributed by atoms with Gasteiger partial charge in [-0.25, -0.2) is 23.5 Å². The minimum atomic E-state index is -3.71. The lowest BCUT2D eigenvalue weighted by Crippen LogP contribution is -2.12. The van der Waals surface area contributed by atoms with E-state index < -0.39 is 10.0 Å². The zero-order valence-electron chi connectivity index (χ0n) is 17.8. The molecular weight excluding hydrogens is 442 g/mol. The van der Waals surface area contributed by atoms with Crippen molar-refractivity contribution in [1.82, 2.24) is 9.97 Å². The van der Waals surface area contributed by atoms with E-state index >= 15 is 0 Å². The van der Waals surface area contributed by atoms with Crippen LogP contribution >= 0.6 is 11.8 Å². The quantitative estimate of drug-likeness (QED) is 0.260. The van der Waals surface area contributed by atoms with Gasteiger partial charge < -0.3 is 5.32 Å². The number of nitriles is 1. The standard InChI is InChI=1S/C23H25N5O2S2/c1-2-3-15-31-23-27-21(18-7-5-4-6-8-18)20(16-24)22(28-23)26-14-13-17-9-11-19(12-10-17)32(25,29)30/h4-12H,2-3,13-15H2,1H3,(H2,25,29,30)(H,26,27,28). The van der Waals surface area contributed by atoms with Crippen molar-refractivity contribution in [3.63, 3.8) is 0 Å². The Morgan fingerprint density at radius 2 is 1.81 bits per heavy atom. The van der Waals surface area contributed by atoms with E-state index in [-0.39, 0.29) is 4.90 Å². The second-order valence-corrected chi connectivity index (χ2v) is 9.75. The summed E-state index contributed by atoms with van der Waals surface area (Å²) >= 11 is 1.58. The predicted molar refractivity (Wildman–Crippen MR) is 128 cm³/mol. The minimum Gasteiger partial charge on any atom is -0.368 e. The monoisotopic (exact) mass is 467 g/mol. The number of nitrogens with one attached hydrogen (secondary N) is 1. The largest absolute Gasteiger partial charge is 0.368 e. The number of rotatable bonds is 10. The molecule has 166 valence electrons. The molecule has 1 heterocycles. The fourth-order valence-corrected chi connectivity index (χ4v) is 4.47. The molecule has 32 heavy (non-hydrogen) atoms. The Kier molecular flexibility index (Phi) is 8.22. The fraction of sp³-hybridized carbons (Fsp3) is 0.261. The molecule has 3 aromatic rings. The smallest absolute Gasteiger partial charge is 0.238 e. The van der Waals surface area contributed by atoms with Gasteiger partial charge in [-0.05, 0) is 30.5 Å². The third kappa shape index (κ3) is 6.29. The molecule has 0 saturated carbocycles. The van der Waals surface area contributed by atoms with Gasteiger partial charge in [0.2, 0.25) is 10.0 Å². The first-order chi connectivity index (χ1) is 15.4. The number of hydrogen-bond acceptors (Lipinski definition) is 7. The summed E-state index contributed by atoms with van der Waals surface area (Å²) in [6.07, 6.45) is 2.77. The van der Waals surface area contributed by atoms with Crippen molar-refractivity contribution < 1.29 is 8.42 Å². The van der Waals surface area contributed by atoms with Crippen LogP contribution in [0, 0.1) is 11.3 Å². The lowest BCUT2D eigenvalue weighted by Gasteiger charge is -2.13. The molecule has 0 bridgehead atoms. The zero-order chi connectivity index (χ0) is 23.0. The molecule has 7 nitrogen and oxygen atoms in total. The highest BCUT2D eigenvalue weighted by atomic mass is 32.2. The summed E-state index contributed by atoms with van der Waals surface area (Å²) in [4.78, 5) is 9.35. The summed E-state index contributed by atoms with van der Waals surface area (Å²) in [5, 5.41) is 18.9. The number of primary sulfonamides is 1. The highest BCUT2D eigenvalue weighted by molar-refractivity contribution is 7.99. The van der Waals surface area contributed by atoms with Gasteiger partial charge in [-0.15, -0.1) is 0 Å². The number of sulfonamides is 1. The van der Waals surface area contributed by atoms with Crippen LogP contribution < -0.4 is 10.5 Å². The van der Waals surface area contributed by atoms with Crippen LogP contribution in [0.5, 0.6) is 0 Å². The van der Waals surface area contributed by atoms with E-state index in [0.29, 0.717) is 35.2 Å². The maximum atomic E-state index is 11.4. The first-order valence-electron chi connectivity index (χ1n) is 10.3. The Labute approximate surface area is 193 Å².